The fraction of sp³-hybridized carbons (Fsp3) is 0.923. The molecule has 2 rings (SSSR count). The van der Waals surface area contributed by atoms with Crippen molar-refractivity contribution in [3.05, 3.63) is 0 Å². The van der Waals surface area contributed by atoms with Crippen molar-refractivity contribution in [3.8, 4) is 0 Å². The van der Waals surface area contributed by atoms with Crippen LogP contribution in [0, 0.1) is 11.3 Å². The SMILES string of the molecule is CN1CCCC(CCNCC2(C(=O)O)COC2)C1. The minimum absolute atomic E-state index is 0.349. The van der Waals surface area contributed by atoms with E-state index in [4.69, 9.17) is 9.84 Å². The van der Waals surface area contributed by atoms with Crippen LogP contribution in [0.1, 0.15) is 19.3 Å². The molecular formula is C13H24N2O3. The second-order valence-electron chi connectivity index (χ2n) is 5.81. The summed E-state index contributed by atoms with van der Waals surface area (Å²) in [7, 11) is 2.17. The van der Waals surface area contributed by atoms with Gasteiger partial charge in [0.2, 0.25) is 0 Å². The van der Waals surface area contributed by atoms with E-state index >= 15 is 0 Å². The van der Waals surface area contributed by atoms with Crippen LogP contribution in [0.3, 0.4) is 0 Å². The number of hydrogen-bond donors (Lipinski definition) is 2. The van der Waals surface area contributed by atoms with E-state index in [1.807, 2.05) is 0 Å². The van der Waals surface area contributed by atoms with Crippen molar-refractivity contribution in [2.75, 3.05) is 46.4 Å². The highest BCUT2D eigenvalue weighted by atomic mass is 16.5. The molecule has 0 spiro atoms. The molecule has 5 nitrogen and oxygen atoms in total. The smallest absolute Gasteiger partial charge is 0.315 e. The zero-order valence-electron chi connectivity index (χ0n) is 11.2. The lowest BCUT2D eigenvalue weighted by Gasteiger charge is -2.37. The lowest BCUT2D eigenvalue weighted by Crippen LogP contribution is -2.55. The summed E-state index contributed by atoms with van der Waals surface area (Å²) in [4.78, 5) is 13.5. The number of nitrogens with zero attached hydrogens (tertiary/aromatic N) is 1. The normalized spacial score (nSPS) is 27.7. The van der Waals surface area contributed by atoms with Gasteiger partial charge in [-0.25, -0.2) is 0 Å². The Morgan fingerprint density at radius 2 is 2.33 bits per heavy atom. The molecule has 0 aromatic heterocycles. The fourth-order valence-electron chi connectivity index (χ4n) is 2.79. The summed E-state index contributed by atoms with van der Waals surface area (Å²) in [5.41, 5.74) is -0.663. The summed E-state index contributed by atoms with van der Waals surface area (Å²) in [6.07, 6.45) is 3.73. The second kappa shape index (κ2) is 5.99. The van der Waals surface area contributed by atoms with Crippen molar-refractivity contribution in [3.63, 3.8) is 0 Å². The summed E-state index contributed by atoms with van der Waals surface area (Å²) >= 11 is 0. The van der Waals surface area contributed by atoms with E-state index in [1.54, 1.807) is 0 Å². The summed E-state index contributed by atoms with van der Waals surface area (Å²) in [5.74, 6) is 0.0216. The standard InChI is InChI=1S/C13H24N2O3/c1-15-6-2-3-11(7-15)4-5-14-8-13(12(16)17)9-18-10-13/h11,14H,2-10H2,1H3,(H,16,17). The van der Waals surface area contributed by atoms with Gasteiger partial charge in [0.25, 0.3) is 0 Å². The van der Waals surface area contributed by atoms with E-state index in [0.29, 0.717) is 19.8 Å². The summed E-state index contributed by atoms with van der Waals surface area (Å²) in [6.45, 7) is 4.53. The molecule has 0 radical (unpaired) electrons. The topological polar surface area (TPSA) is 61.8 Å². The first kappa shape index (κ1) is 13.8. The summed E-state index contributed by atoms with van der Waals surface area (Å²) < 4.78 is 5.03. The quantitative estimate of drug-likeness (QED) is 0.674. The summed E-state index contributed by atoms with van der Waals surface area (Å²) in [6, 6.07) is 0. The molecule has 104 valence electrons. The average Bonchev–Trinajstić information content (AvgIpc) is 2.26. The molecule has 0 bridgehead atoms. The van der Waals surface area contributed by atoms with Gasteiger partial charge in [-0.3, -0.25) is 4.79 Å². The van der Waals surface area contributed by atoms with E-state index < -0.39 is 11.4 Å². The fourth-order valence-corrected chi connectivity index (χ4v) is 2.79. The van der Waals surface area contributed by atoms with Gasteiger partial charge in [0.15, 0.2) is 0 Å². The van der Waals surface area contributed by atoms with Crippen molar-refractivity contribution in [2.24, 2.45) is 11.3 Å². The summed E-state index contributed by atoms with van der Waals surface area (Å²) in [5, 5.41) is 12.4. The molecule has 18 heavy (non-hydrogen) atoms. The molecule has 1 unspecified atom stereocenters. The molecule has 0 aromatic rings. The Labute approximate surface area is 108 Å². The number of likely N-dealkylation sites (tertiary alicyclic amines) is 1. The van der Waals surface area contributed by atoms with E-state index in [2.05, 4.69) is 17.3 Å². The van der Waals surface area contributed by atoms with Crippen LogP contribution in [0.2, 0.25) is 0 Å². The number of piperidine rings is 1. The monoisotopic (exact) mass is 256 g/mol. The molecule has 0 amide bonds. The molecule has 2 fully saturated rings. The molecule has 2 saturated heterocycles. The molecule has 0 aromatic carbocycles. The zero-order chi connectivity index (χ0) is 13.0. The number of ether oxygens (including phenoxy) is 1. The minimum Gasteiger partial charge on any atom is -0.481 e. The molecule has 0 saturated carbocycles. The maximum atomic E-state index is 11.1. The third-order valence-corrected chi connectivity index (χ3v) is 4.13. The Hall–Kier alpha value is -0.650. The zero-order valence-corrected chi connectivity index (χ0v) is 11.2. The first-order valence-electron chi connectivity index (χ1n) is 6.83. The molecule has 2 N–H and O–H groups in total. The highest BCUT2D eigenvalue weighted by Crippen LogP contribution is 2.26. The van der Waals surface area contributed by atoms with Gasteiger partial charge < -0.3 is 20.1 Å². The Kier molecular flexibility index (Phi) is 4.59. The third-order valence-electron chi connectivity index (χ3n) is 4.13. The highest BCUT2D eigenvalue weighted by molar-refractivity contribution is 5.76. The van der Waals surface area contributed by atoms with Crippen LogP contribution in [-0.4, -0.2) is 62.4 Å². The molecule has 5 heteroatoms. The lowest BCUT2D eigenvalue weighted by molar-refractivity contribution is -0.178. The Balaban J connectivity index is 1.62. The average molecular weight is 256 g/mol. The maximum Gasteiger partial charge on any atom is 0.315 e. The minimum atomic E-state index is -0.737. The van der Waals surface area contributed by atoms with Crippen molar-refractivity contribution in [1.82, 2.24) is 10.2 Å². The van der Waals surface area contributed by atoms with E-state index in [-0.39, 0.29) is 0 Å². The molecule has 2 aliphatic heterocycles. The number of carbonyl (C=O) groups is 1. The van der Waals surface area contributed by atoms with Gasteiger partial charge in [-0.15, -0.1) is 0 Å². The van der Waals surface area contributed by atoms with E-state index in [9.17, 15) is 4.79 Å². The van der Waals surface area contributed by atoms with Gasteiger partial charge in [-0.2, -0.15) is 0 Å². The van der Waals surface area contributed by atoms with Gasteiger partial charge in [-0.1, -0.05) is 0 Å². The maximum absolute atomic E-state index is 11.1. The van der Waals surface area contributed by atoms with Crippen molar-refractivity contribution in [1.29, 1.82) is 0 Å². The number of nitrogens with one attached hydrogen (secondary N) is 1. The van der Waals surface area contributed by atoms with Crippen LogP contribution < -0.4 is 5.32 Å². The number of carboxylic acid groups (broad SMARTS) is 1. The second-order valence-corrected chi connectivity index (χ2v) is 5.81. The number of hydrogen-bond acceptors (Lipinski definition) is 4. The Bertz CT molecular complexity index is 292. The molecule has 2 heterocycles. The van der Waals surface area contributed by atoms with Crippen LogP contribution in [-0.2, 0) is 9.53 Å². The first-order chi connectivity index (χ1) is 8.62. The number of aliphatic carboxylic acids is 1. The largest absolute Gasteiger partial charge is 0.481 e. The predicted molar refractivity (Wildman–Crippen MR) is 68.6 cm³/mol. The Morgan fingerprint density at radius 3 is 2.89 bits per heavy atom. The van der Waals surface area contributed by atoms with Gasteiger partial charge in [0.05, 0.1) is 13.2 Å². The third kappa shape index (κ3) is 3.22. The van der Waals surface area contributed by atoms with Crippen LogP contribution in [0.25, 0.3) is 0 Å². The lowest BCUT2D eigenvalue weighted by atomic mass is 9.86. The number of carboxylic acids is 1. The van der Waals surface area contributed by atoms with Crippen molar-refractivity contribution >= 4 is 5.97 Å². The molecule has 0 aliphatic carbocycles. The first-order valence-corrected chi connectivity index (χ1v) is 6.83. The van der Waals surface area contributed by atoms with Crippen LogP contribution in [0.4, 0.5) is 0 Å². The highest BCUT2D eigenvalue weighted by Gasteiger charge is 2.45. The van der Waals surface area contributed by atoms with E-state index in [0.717, 1.165) is 18.9 Å². The van der Waals surface area contributed by atoms with Gasteiger partial charge >= 0.3 is 5.97 Å². The van der Waals surface area contributed by atoms with Gasteiger partial charge in [0.1, 0.15) is 5.41 Å². The Morgan fingerprint density at radius 1 is 1.56 bits per heavy atom. The van der Waals surface area contributed by atoms with Gasteiger partial charge in [0, 0.05) is 13.1 Å². The van der Waals surface area contributed by atoms with E-state index in [1.165, 1.54) is 25.9 Å². The number of rotatable bonds is 6. The van der Waals surface area contributed by atoms with Crippen molar-refractivity contribution in [2.45, 2.75) is 19.3 Å². The van der Waals surface area contributed by atoms with Crippen molar-refractivity contribution < 1.29 is 14.6 Å². The molecule has 2 aliphatic rings. The van der Waals surface area contributed by atoms with Crippen LogP contribution in [0.5, 0.6) is 0 Å². The van der Waals surface area contributed by atoms with Crippen LogP contribution in [0.15, 0.2) is 0 Å². The molecule has 1 atom stereocenters. The predicted octanol–water partition coefficient (Wildman–Crippen LogP) is 0.409. The van der Waals surface area contributed by atoms with Gasteiger partial charge in [-0.05, 0) is 45.3 Å². The molecular weight excluding hydrogens is 232 g/mol. The van der Waals surface area contributed by atoms with Crippen LogP contribution >= 0.6 is 0 Å².